The number of benzene rings is 1. The number of hydrogen-bond acceptors (Lipinski definition) is 1. The summed E-state index contributed by atoms with van der Waals surface area (Å²) < 4.78 is 0. The Morgan fingerprint density at radius 3 is 2.71 bits per heavy atom. The van der Waals surface area contributed by atoms with Crippen molar-refractivity contribution in [2.24, 2.45) is 4.99 Å². The molecule has 0 saturated heterocycles. The van der Waals surface area contributed by atoms with Gasteiger partial charge in [-0.3, -0.25) is 4.99 Å². The van der Waals surface area contributed by atoms with E-state index >= 15 is 0 Å². The fraction of sp³-hybridized carbons (Fsp3) is 0.471. The van der Waals surface area contributed by atoms with Crippen LogP contribution in [-0.4, -0.2) is 19.0 Å². The van der Waals surface area contributed by atoms with Gasteiger partial charge in [0.15, 0.2) is 5.96 Å². The molecule has 2 N–H and O–H groups in total. The number of guanidine groups is 1. The summed E-state index contributed by atoms with van der Waals surface area (Å²) in [6.45, 7) is 0.840. The van der Waals surface area contributed by atoms with Gasteiger partial charge in [0, 0.05) is 19.6 Å². The first-order valence-corrected chi connectivity index (χ1v) is 7.58. The SMILES string of the molecule is CN=C(NCc1ccc2c(c1)CCC2)NC1CC=CC1.I. The van der Waals surface area contributed by atoms with Crippen LogP contribution >= 0.6 is 24.0 Å². The lowest BCUT2D eigenvalue weighted by atomic mass is 10.1. The van der Waals surface area contributed by atoms with Gasteiger partial charge in [-0.15, -0.1) is 24.0 Å². The molecule has 2 aliphatic carbocycles. The van der Waals surface area contributed by atoms with E-state index in [1.54, 1.807) is 0 Å². The molecule has 0 radical (unpaired) electrons. The molecule has 0 spiro atoms. The highest BCUT2D eigenvalue weighted by Gasteiger charge is 2.13. The molecular formula is C17H24IN3. The second-order valence-electron chi connectivity index (χ2n) is 5.67. The Morgan fingerprint density at radius 2 is 1.95 bits per heavy atom. The van der Waals surface area contributed by atoms with Gasteiger partial charge in [-0.25, -0.2) is 0 Å². The number of aryl methyl sites for hydroxylation is 2. The van der Waals surface area contributed by atoms with Crippen molar-refractivity contribution in [2.75, 3.05) is 7.05 Å². The van der Waals surface area contributed by atoms with Gasteiger partial charge in [0.05, 0.1) is 0 Å². The Hall–Kier alpha value is -1.04. The maximum atomic E-state index is 4.31. The average molecular weight is 397 g/mol. The van der Waals surface area contributed by atoms with Crippen LogP contribution in [0.2, 0.25) is 0 Å². The van der Waals surface area contributed by atoms with E-state index in [1.165, 1.54) is 36.0 Å². The molecule has 0 bridgehead atoms. The molecule has 1 aromatic carbocycles. The summed E-state index contributed by atoms with van der Waals surface area (Å²) in [5, 5.41) is 6.88. The number of rotatable bonds is 3. The van der Waals surface area contributed by atoms with Crippen molar-refractivity contribution in [1.29, 1.82) is 0 Å². The van der Waals surface area contributed by atoms with Crippen molar-refractivity contribution in [3.8, 4) is 0 Å². The molecule has 4 heteroatoms. The normalized spacial score (nSPS) is 17.5. The van der Waals surface area contributed by atoms with Crippen LogP contribution in [0.5, 0.6) is 0 Å². The van der Waals surface area contributed by atoms with Crippen LogP contribution in [0.3, 0.4) is 0 Å². The van der Waals surface area contributed by atoms with Crippen molar-refractivity contribution in [3.05, 3.63) is 47.0 Å². The van der Waals surface area contributed by atoms with Gasteiger partial charge in [-0.1, -0.05) is 30.4 Å². The number of nitrogens with one attached hydrogen (secondary N) is 2. The van der Waals surface area contributed by atoms with Gasteiger partial charge in [0.1, 0.15) is 0 Å². The molecule has 0 heterocycles. The van der Waals surface area contributed by atoms with E-state index in [-0.39, 0.29) is 24.0 Å². The first kappa shape index (κ1) is 16.3. The topological polar surface area (TPSA) is 36.4 Å². The van der Waals surface area contributed by atoms with Gasteiger partial charge in [-0.05, 0) is 48.8 Å². The predicted molar refractivity (Wildman–Crippen MR) is 99.4 cm³/mol. The monoisotopic (exact) mass is 397 g/mol. The van der Waals surface area contributed by atoms with Crippen molar-refractivity contribution in [3.63, 3.8) is 0 Å². The zero-order valence-electron chi connectivity index (χ0n) is 12.6. The largest absolute Gasteiger partial charge is 0.353 e. The summed E-state index contributed by atoms with van der Waals surface area (Å²) in [7, 11) is 1.83. The second-order valence-corrected chi connectivity index (χ2v) is 5.67. The average Bonchev–Trinajstić information content (AvgIpc) is 3.13. The Labute approximate surface area is 144 Å². The minimum absolute atomic E-state index is 0. The van der Waals surface area contributed by atoms with Gasteiger partial charge in [0.2, 0.25) is 0 Å². The molecule has 3 rings (SSSR count). The number of nitrogens with zero attached hydrogens (tertiary/aromatic N) is 1. The highest BCUT2D eigenvalue weighted by Crippen LogP contribution is 2.22. The first-order valence-electron chi connectivity index (χ1n) is 7.58. The number of fused-ring (bicyclic) bond motifs is 1. The van der Waals surface area contributed by atoms with Gasteiger partial charge >= 0.3 is 0 Å². The molecular weight excluding hydrogens is 373 g/mol. The minimum Gasteiger partial charge on any atom is -0.353 e. The van der Waals surface area contributed by atoms with Crippen molar-refractivity contribution in [1.82, 2.24) is 10.6 Å². The number of hydrogen-bond donors (Lipinski definition) is 2. The lowest BCUT2D eigenvalue weighted by Gasteiger charge is -2.17. The molecule has 0 saturated carbocycles. The van der Waals surface area contributed by atoms with Crippen molar-refractivity contribution < 1.29 is 0 Å². The van der Waals surface area contributed by atoms with Crippen LogP contribution in [0.15, 0.2) is 35.3 Å². The number of aliphatic imine (C=N–C) groups is 1. The van der Waals surface area contributed by atoms with Crippen LogP contribution in [-0.2, 0) is 19.4 Å². The lowest BCUT2D eigenvalue weighted by molar-refractivity contribution is 0.633. The van der Waals surface area contributed by atoms with E-state index in [9.17, 15) is 0 Å². The van der Waals surface area contributed by atoms with Crippen LogP contribution in [0.4, 0.5) is 0 Å². The Kier molecular flexibility index (Phi) is 6.08. The fourth-order valence-electron chi connectivity index (χ4n) is 3.04. The third kappa shape index (κ3) is 4.22. The Morgan fingerprint density at radius 1 is 1.19 bits per heavy atom. The van der Waals surface area contributed by atoms with Gasteiger partial charge in [-0.2, -0.15) is 0 Å². The summed E-state index contributed by atoms with van der Waals surface area (Å²) in [6, 6.07) is 7.37. The van der Waals surface area contributed by atoms with E-state index in [2.05, 4.69) is 46.0 Å². The number of halogens is 1. The molecule has 0 aromatic heterocycles. The quantitative estimate of drug-likeness (QED) is 0.356. The molecule has 0 atom stereocenters. The predicted octanol–water partition coefficient (Wildman–Crippen LogP) is 3.18. The maximum absolute atomic E-state index is 4.31. The van der Waals surface area contributed by atoms with Crippen molar-refractivity contribution in [2.45, 2.75) is 44.7 Å². The molecule has 0 aliphatic heterocycles. The Bertz CT molecular complexity index is 529. The molecule has 0 unspecified atom stereocenters. The van der Waals surface area contributed by atoms with E-state index in [0.29, 0.717) is 6.04 Å². The highest BCUT2D eigenvalue weighted by atomic mass is 127. The van der Waals surface area contributed by atoms with Crippen LogP contribution in [0.1, 0.15) is 36.0 Å². The maximum Gasteiger partial charge on any atom is 0.191 e. The smallest absolute Gasteiger partial charge is 0.191 e. The molecule has 21 heavy (non-hydrogen) atoms. The third-order valence-corrected chi connectivity index (χ3v) is 4.20. The molecule has 2 aliphatic rings. The fourth-order valence-corrected chi connectivity index (χ4v) is 3.04. The molecule has 114 valence electrons. The molecule has 3 nitrogen and oxygen atoms in total. The lowest BCUT2D eigenvalue weighted by Crippen LogP contribution is -2.42. The van der Waals surface area contributed by atoms with E-state index in [1.807, 2.05) is 7.05 Å². The summed E-state index contributed by atoms with van der Waals surface area (Å²) >= 11 is 0. The molecule has 0 amide bonds. The summed E-state index contributed by atoms with van der Waals surface area (Å²) in [5.74, 6) is 0.902. The zero-order valence-corrected chi connectivity index (χ0v) is 14.9. The minimum atomic E-state index is 0. The van der Waals surface area contributed by atoms with Crippen molar-refractivity contribution >= 4 is 29.9 Å². The van der Waals surface area contributed by atoms with E-state index in [0.717, 1.165) is 25.3 Å². The van der Waals surface area contributed by atoms with E-state index in [4.69, 9.17) is 0 Å². The highest BCUT2D eigenvalue weighted by molar-refractivity contribution is 14.0. The molecule has 0 fully saturated rings. The molecule has 1 aromatic rings. The first-order chi connectivity index (χ1) is 9.85. The third-order valence-electron chi connectivity index (χ3n) is 4.20. The van der Waals surface area contributed by atoms with E-state index < -0.39 is 0 Å². The summed E-state index contributed by atoms with van der Waals surface area (Å²) in [4.78, 5) is 4.31. The second kappa shape index (κ2) is 7.82. The van der Waals surface area contributed by atoms with Gasteiger partial charge < -0.3 is 10.6 Å². The van der Waals surface area contributed by atoms with Crippen LogP contribution < -0.4 is 10.6 Å². The zero-order chi connectivity index (χ0) is 13.8. The van der Waals surface area contributed by atoms with Crippen LogP contribution in [0, 0.1) is 0 Å². The van der Waals surface area contributed by atoms with Crippen LogP contribution in [0.25, 0.3) is 0 Å². The standard InChI is InChI=1S/C17H23N3.HI/c1-18-17(20-16-7-2-3-8-16)19-12-13-9-10-14-5-4-6-15(14)11-13;/h2-3,9-11,16H,4-8,12H2,1H3,(H2,18,19,20);1H. The summed E-state index contributed by atoms with van der Waals surface area (Å²) in [6.07, 6.45) is 10.4. The summed E-state index contributed by atoms with van der Waals surface area (Å²) in [5.41, 5.74) is 4.42. The van der Waals surface area contributed by atoms with Gasteiger partial charge in [0.25, 0.3) is 0 Å². The Balaban J connectivity index is 0.00000161.